The van der Waals surface area contributed by atoms with Gasteiger partial charge in [-0.25, -0.2) is 9.37 Å². The second kappa shape index (κ2) is 7.67. The van der Waals surface area contributed by atoms with Gasteiger partial charge in [-0.3, -0.25) is 9.36 Å². The van der Waals surface area contributed by atoms with Crippen LogP contribution < -0.4 is 10.1 Å². The molecule has 146 valence electrons. The highest BCUT2D eigenvalue weighted by Crippen LogP contribution is 2.32. The summed E-state index contributed by atoms with van der Waals surface area (Å²) < 4.78 is 22.6. The molecule has 7 heteroatoms. The Morgan fingerprint density at radius 2 is 1.97 bits per heavy atom. The van der Waals surface area contributed by atoms with Crippen molar-refractivity contribution in [2.45, 2.75) is 6.92 Å². The molecule has 5 nitrogen and oxygen atoms in total. The monoisotopic (exact) mass is 453 g/mol. The summed E-state index contributed by atoms with van der Waals surface area (Å²) >= 11 is 3.45. The predicted octanol–water partition coefficient (Wildman–Crippen LogP) is 5.56. The second-order valence-electron chi connectivity index (χ2n) is 6.54. The maximum Gasteiger partial charge on any atom is 0.221 e. The normalized spacial score (nSPS) is 10.9. The molecule has 0 bridgehead atoms. The predicted molar refractivity (Wildman–Crippen MR) is 115 cm³/mol. The van der Waals surface area contributed by atoms with Gasteiger partial charge in [0.15, 0.2) is 0 Å². The van der Waals surface area contributed by atoms with Crippen LogP contribution >= 0.6 is 15.9 Å². The van der Waals surface area contributed by atoms with E-state index in [1.54, 1.807) is 24.5 Å². The zero-order valence-corrected chi connectivity index (χ0v) is 17.3. The fraction of sp³-hybridized carbons (Fsp3) is 0.0909. The van der Waals surface area contributed by atoms with Gasteiger partial charge in [0.2, 0.25) is 5.91 Å². The Kier molecular flexibility index (Phi) is 5.07. The number of fused-ring (bicyclic) bond motifs is 1. The van der Waals surface area contributed by atoms with Crippen LogP contribution in [0.2, 0.25) is 0 Å². The maximum atomic E-state index is 14.7. The lowest BCUT2D eigenvalue weighted by molar-refractivity contribution is -0.114. The lowest BCUT2D eigenvalue weighted by atomic mass is 10.0. The molecule has 0 saturated heterocycles. The molecule has 0 aliphatic heterocycles. The molecule has 1 N–H and O–H groups in total. The van der Waals surface area contributed by atoms with E-state index in [1.165, 1.54) is 20.1 Å². The Labute approximate surface area is 175 Å². The van der Waals surface area contributed by atoms with Crippen molar-refractivity contribution in [3.8, 4) is 22.6 Å². The third-order valence-electron chi connectivity index (χ3n) is 4.51. The number of carbonyl (C=O) groups is 1. The van der Waals surface area contributed by atoms with Crippen LogP contribution in [0.3, 0.4) is 0 Å². The molecule has 4 aromatic rings. The minimum atomic E-state index is -0.408. The van der Waals surface area contributed by atoms with E-state index < -0.39 is 5.82 Å². The van der Waals surface area contributed by atoms with Crippen LogP contribution in [0.4, 0.5) is 10.1 Å². The summed E-state index contributed by atoms with van der Waals surface area (Å²) in [6.07, 6.45) is 1.71. The van der Waals surface area contributed by atoms with Crippen LogP contribution in [0.25, 0.3) is 27.8 Å². The summed E-state index contributed by atoms with van der Waals surface area (Å²) in [5.74, 6) is -0.173. The number of methoxy groups -OCH3 is 1. The van der Waals surface area contributed by atoms with Crippen molar-refractivity contribution in [2.24, 2.45) is 0 Å². The van der Waals surface area contributed by atoms with Crippen molar-refractivity contribution in [1.29, 1.82) is 0 Å². The maximum absolute atomic E-state index is 14.7. The van der Waals surface area contributed by atoms with Crippen LogP contribution in [-0.4, -0.2) is 22.6 Å². The summed E-state index contributed by atoms with van der Waals surface area (Å²) in [4.78, 5) is 16.1. The summed E-state index contributed by atoms with van der Waals surface area (Å²) in [7, 11) is 1.49. The molecule has 0 radical (unpaired) electrons. The average molecular weight is 454 g/mol. The molecular weight excluding hydrogens is 437 g/mol. The first-order valence-electron chi connectivity index (χ1n) is 8.84. The zero-order chi connectivity index (χ0) is 20.5. The Balaban J connectivity index is 1.90. The van der Waals surface area contributed by atoms with Crippen molar-refractivity contribution in [2.75, 3.05) is 12.4 Å². The van der Waals surface area contributed by atoms with Crippen LogP contribution in [0.5, 0.6) is 5.75 Å². The molecular formula is C22H17BrFN3O2. The largest absolute Gasteiger partial charge is 0.497 e. The van der Waals surface area contributed by atoms with Gasteiger partial charge >= 0.3 is 0 Å². The lowest BCUT2D eigenvalue weighted by Crippen LogP contribution is -2.07. The van der Waals surface area contributed by atoms with Crippen LogP contribution in [0, 0.1) is 5.82 Å². The van der Waals surface area contributed by atoms with Crippen molar-refractivity contribution >= 4 is 38.6 Å². The summed E-state index contributed by atoms with van der Waals surface area (Å²) in [5.41, 5.74) is 4.08. The highest BCUT2D eigenvalue weighted by Gasteiger charge is 2.13. The summed E-state index contributed by atoms with van der Waals surface area (Å²) in [6, 6.07) is 15.9. The average Bonchev–Trinajstić information content (AvgIpc) is 3.10. The van der Waals surface area contributed by atoms with E-state index in [0.717, 1.165) is 21.2 Å². The van der Waals surface area contributed by atoms with E-state index in [2.05, 4.69) is 26.2 Å². The fourth-order valence-corrected chi connectivity index (χ4v) is 3.58. The van der Waals surface area contributed by atoms with Crippen molar-refractivity contribution in [3.63, 3.8) is 0 Å². The molecule has 0 spiro atoms. The number of imidazole rings is 1. The number of nitrogens with one attached hydrogen (secondary N) is 1. The van der Waals surface area contributed by atoms with Crippen molar-refractivity contribution in [3.05, 3.63) is 71.2 Å². The van der Waals surface area contributed by atoms with Gasteiger partial charge in [0, 0.05) is 34.4 Å². The van der Waals surface area contributed by atoms with Crippen LogP contribution in [0.15, 0.2) is 65.4 Å². The van der Waals surface area contributed by atoms with Gasteiger partial charge in [-0.1, -0.05) is 15.9 Å². The van der Waals surface area contributed by atoms with E-state index in [9.17, 15) is 9.18 Å². The molecule has 1 heterocycles. The van der Waals surface area contributed by atoms with E-state index in [-0.39, 0.29) is 5.91 Å². The molecule has 0 saturated carbocycles. The molecule has 0 aliphatic rings. The number of halogens is 2. The number of aromatic nitrogens is 2. The van der Waals surface area contributed by atoms with Crippen molar-refractivity contribution in [1.82, 2.24) is 9.55 Å². The number of hydrogen-bond donors (Lipinski definition) is 1. The minimum absolute atomic E-state index is 0.206. The Morgan fingerprint density at radius 3 is 2.69 bits per heavy atom. The molecule has 1 aromatic heterocycles. The van der Waals surface area contributed by atoms with E-state index >= 15 is 0 Å². The number of nitrogens with zero attached hydrogens (tertiary/aromatic N) is 2. The van der Waals surface area contributed by atoms with Crippen LogP contribution in [-0.2, 0) is 4.79 Å². The first-order valence-corrected chi connectivity index (χ1v) is 9.63. The van der Waals surface area contributed by atoms with Gasteiger partial charge in [0.25, 0.3) is 0 Å². The molecule has 1 amide bonds. The van der Waals surface area contributed by atoms with Gasteiger partial charge in [0.1, 0.15) is 17.9 Å². The molecule has 3 aromatic carbocycles. The standard InChI is InChI=1S/C22H17BrFN3O2/c1-13(28)26-16-7-14(19-5-4-18(29-2)11-20(19)24)8-17(10-16)27-12-25-21-9-15(23)3-6-22(21)27/h3-12H,1-2H3,(H,26,28). The lowest BCUT2D eigenvalue weighted by Gasteiger charge is -2.13. The number of ether oxygens (including phenoxy) is 1. The Hall–Kier alpha value is -3.19. The highest BCUT2D eigenvalue weighted by molar-refractivity contribution is 9.10. The third kappa shape index (κ3) is 3.86. The number of rotatable bonds is 4. The first kappa shape index (κ1) is 19.1. The molecule has 4 rings (SSSR count). The molecule has 0 aliphatic carbocycles. The van der Waals surface area contributed by atoms with E-state index in [0.29, 0.717) is 22.6 Å². The van der Waals surface area contributed by atoms with Gasteiger partial charge in [0.05, 0.1) is 18.1 Å². The Bertz CT molecular complexity index is 1240. The number of amides is 1. The van der Waals surface area contributed by atoms with Gasteiger partial charge < -0.3 is 10.1 Å². The molecule has 29 heavy (non-hydrogen) atoms. The summed E-state index contributed by atoms with van der Waals surface area (Å²) in [5, 5.41) is 2.79. The SMILES string of the molecule is COc1ccc(-c2cc(NC(C)=O)cc(-n3cnc4cc(Br)ccc43)c2)c(F)c1. The van der Waals surface area contributed by atoms with Gasteiger partial charge in [-0.2, -0.15) is 0 Å². The van der Waals surface area contributed by atoms with Crippen molar-refractivity contribution < 1.29 is 13.9 Å². The van der Waals surface area contributed by atoms with Gasteiger partial charge in [-0.05, 0) is 54.1 Å². The van der Waals surface area contributed by atoms with E-state index in [4.69, 9.17) is 4.74 Å². The Morgan fingerprint density at radius 1 is 1.14 bits per heavy atom. The third-order valence-corrected chi connectivity index (χ3v) is 5.01. The smallest absolute Gasteiger partial charge is 0.221 e. The van der Waals surface area contributed by atoms with E-state index in [1.807, 2.05) is 34.9 Å². The first-order chi connectivity index (χ1) is 13.9. The number of anilines is 1. The molecule has 0 unspecified atom stereocenters. The minimum Gasteiger partial charge on any atom is -0.497 e. The topological polar surface area (TPSA) is 56.1 Å². The molecule has 0 fully saturated rings. The van der Waals surface area contributed by atoms with Gasteiger partial charge in [-0.15, -0.1) is 0 Å². The quantitative estimate of drug-likeness (QED) is 0.439. The second-order valence-corrected chi connectivity index (χ2v) is 7.46. The highest BCUT2D eigenvalue weighted by atomic mass is 79.9. The molecule has 0 atom stereocenters. The number of hydrogen-bond acceptors (Lipinski definition) is 3. The number of carbonyl (C=O) groups excluding carboxylic acids is 1. The zero-order valence-electron chi connectivity index (χ0n) is 15.7. The fourth-order valence-electron chi connectivity index (χ4n) is 3.23. The van der Waals surface area contributed by atoms with Crippen LogP contribution in [0.1, 0.15) is 6.92 Å². The summed E-state index contributed by atoms with van der Waals surface area (Å²) in [6.45, 7) is 1.43. The number of benzene rings is 3.